The van der Waals surface area contributed by atoms with Gasteiger partial charge >= 0.3 is 0 Å². The highest BCUT2D eigenvalue weighted by Crippen LogP contribution is 2.34. The molecule has 8 heteroatoms. The number of nitrogens with one attached hydrogen (secondary N) is 1. The van der Waals surface area contributed by atoms with Crippen molar-refractivity contribution in [1.29, 1.82) is 0 Å². The van der Waals surface area contributed by atoms with Crippen molar-refractivity contribution in [2.45, 2.75) is 57.1 Å². The van der Waals surface area contributed by atoms with Gasteiger partial charge in [0.1, 0.15) is 5.82 Å². The SMILES string of the molecule is CCS(=O)NC1CCN(c2cccnn2)CC1COC1CCC(c2cccc(F)c2)CC1. The van der Waals surface area contributed by atoms with Crippen molar-refractivity contribution >= 4 is 16.8 Å². The van der Waals surface area contributed by atoms with Crippen molar-refractivity contribution in [2.75, 3.05) is 30.3 Å². The topological polar surface area (TPSA) is 67.4 Å². The lowest BCUT2D eigenvalue weighted by molar-refractivity contribution is -0.00208. The van der Waals surface area contributed by atoms with E-state index in [4.69, 9.17) is 4.74 Å². The molecule has 1 aliphatic heterocycles. The maximum absolute atomic E-state index is 13.6. The van der Waals surface area contributed by atoms with Crippen molar-refractivity contribution in [3.05, 3.63) is 54.0 Å². The van der Waals surface area contributed by atoms with Crippen LogP contribution in [-0.2, 0) is 15.7 Å². The average Bonchev–Trinajstić information content (AvgIpc) is 2.84. The van der Waals surface area contributed by atoms with Crippen LogP contribution in [0.15, 0.2) is 42.6 Å². The summed E-state index contributed by atoms with van der Waals surface area (Å²) in [4.78, 5) is 2.24. The molecule has 4 rings (SSSR count). The maximum Gasteiger partial charge on any atom is 0.151 e. The third-order valence-electron chi connectivity index (χ3n) is 6.70. The summed E-state index contributed by atoms with van der Waals surface area (Å²) < 4.78 is 35.4. The number of hydrogen-bond acceptors (Lipinski definition) is 5. The second-order valence-corrected chi connectivity index (χ2v) is 10.3. The third-order valence-corrected chi connectivity index (χ3v) is 7.79. The molecule has 0 bridgehead atoms. The quantitative estimate of drug-likeness (QED) is 0.649. The fourth-order valence-electron chi connectivity index (χ4n) is 4.86. The van der Waals surface area contributed by atoms with Gasteiger partial charge in [-0.2, -0.15) is 5.10 Å². The lowest BCUT2D eigenvalue weighted by Crippen LogP contribution is -2.52. The predicted molar refractivity (Wildman–Crippen MR) is 125 cm³/mol. The monoisotopic (exact) mass is 460 g/mol. The number of benzene rings is 1. The summed E-state index contributed by atoms with van der Waals surface area (Å²) in [5.41, 5.74) is 1.10. The van der Waals surface area contributed by atoms with Crippen molar-refractivity contribution in [3.63, 3.8) is 0 Å². The summed E-state index contributed by atoms with van der Waals surface area (Å²) in [5, 5.41) is 8.27. The van der Waals surface area contributed by atoms with Gasteiger partial charge in [0.15, 0.2) is 5.82 Å². The van der Waals surface area contributed by atoms with E-state index >= 15 is 0 Å². The van der Waals surface area contributed by atoms with Crippen molar-refractivity contribution in [3.8, 4) is 0 Å². The van der Waals surface area contributed by atoms with E-state index in [1.54, 1.807) is 18.3 Å². The first-order valence-electron chi connectivity index (χ1n) is 11.7. The summed E-state index contributed by atoms with van der Waals surface area (Å²) in [5.74, 6) is 1.95. The summed E-state index contributed by atoms with van der Waals surface area (Å²) >= 11 is 0. The Morgan fingerprint density at radius 3 is 2.75 bits per heavy atom. The molecule has 3 unspecified atom stereocenters. The summed E-state index contributed by atoms with van der Waals surface area (Å²) in [6.07, 6.45) is 6.81. The lowest BCUT2D eigenvalue weighted by Gasteiger charge is -2.40. The van der Waals surface area contributed by atoms with Crippen LogP contribution < -0.4 is 9.62 Å². The molecule has 1 N–H and O–H groups in total. The van der Waals surface area contributed by atoms with Gasteiger partial charge in [0, 0.05) is 37.0 Å². The standard InChI is InChI=1S/C24H33FN4O2S/c1-2-32(30)28-23-12-14-29(24-7-4-13-26-27-24)16-20(23)17-31-22-10-8-18(9-11-22)19-5-3-6-21(25)15-19/h3-7,13,15,18,20,22-23,28H,2,8-12,14,16-17H2,1H3. The van der Waals surface area contributed by atoms with E-state index in [2.05, 4.69) is 19.8 Å². The van der Waals surface area contributed by atoms with Crippen LogP contribution in [0.5, 0.6) is 0 Å². The van der Waals surface area contributed by atoms with Crippen molar-refractivity contribution in [1.82, 2.24) is 14.9 Å². The number of aromatic nitrogens is 2. The Morgan fingerprint density at radius 2 is 2.03 bits per heavy atom. The summed E-state index contributed by atoms with van der Waals surface area (Å²) in [7, 11) is -1.02. The van der Waals surface area contributed by atoms with Crippen LogP contribution in [0.2, 0.25) is 0 Å². The number of piperidine rings is 1. The van der Waals surface area contributed by atoms with E-state index in [1.807, 2.05) is 25.1 Å². The highest BCUT2D eigenvalue weighted by Gasteiger charge is 2.32. The van der Waals surface area contributed by atoms with E-state index in [1.165, 1.54) is 6.07 Å². The van der Waals surface area contributed by atoms with Gasteiger partial charge in [0.2, 0.25) is 0 Å². The molecule has 6 nitrogen and oxygen atoms in total. The van der Waals surface area contributed by atoms with Crippen LogP contribution in [-0.4, -0.2) is 52.0 Å². The normalized spacial score (nSPS) is 27.2. The zero-order chi connectivity index (χ0) is 22.3. The van der Waals surface area contributed by atoms with E-state index in [9.17, 15) is 8.60 Å². The van der Waals surface area contributed by atoms with Crippen LogP contribution >= 0.6 is 0 Å². The second-order valence-electron chi connectivity index (χ2n) is 8.80. The number of halogens is 1. The average molecular weight is 461 g/mol. The van der Waals surface area contributed by atoms with E-state index in [0.29, 0.717) is 18.3 Å². The van der Waals surface area contributed by atoms with Crippen LogP contribution in [0, 0.1) is 11.7 Å². The Morgan fingerprint density at radius 1 is 1.19 bits per heavy atom. The molecule has 0 amide bonds. The number of ether oxygens (including phenoxy) is 1. The van der Waals surface area contributed by atoms with Gasteiger partial charge in [-0.05, 0) is 67.9 Å². The van der Waals surface area contributed by atoms with Gasteiger partial charge in [-0.15, -0.1) is 5.10 Å². The molecule has 1 aromatic carbocycles. The van der Waals surface area contributed by atoms with Crippen molar-refractivity contribution in [2.24, 2.45) is 5.92 Å². The molecule has 0 radical (unpaired) electrons. The number of hydrogen-bond donors (Lipinski definition) is 1. The molecule has 2 fully saturated rings. The molecule has 1 saturated carbocycles. The molecule has 1 aromatic heterocycles. The maximum atomic E-state index is 13.6. The first-order valence-corrected chi connectivity index (χ1v) is 13.0. The minimum Gasteiger partial charge on any atom is -0.378 e. The molecular weight excluding hydrogens is 427 g/mol. The third kappa shape index (κ3) is 6.11. The Hall–Kier alpha value is -1.90. The van der Waals surface area contributed by atoms with Gasteiger partial charge in [-0.3, -0.25) is 0 Å². The van der Waals surface area contributed by atoms with E-state index < -0.39 is 11.0 Å². The zero-order valence-electron chi connectivity index (χ0n) is 18.7. The van der Waals surface area contributed by atoms with Crippen LogP contribution in [0.4, 0.5) is 10.2 Å². The highest BCUT2D eigenvalue weighted by molar-refractivity contribution is 7.82. The number of anilines is 1. The predicted octanol–water partition coefficient (Wildman–Crippen LogP) is 3.83. The summed E-state index contributed by atoms with van der Waals surface area (Å²) in [6.45, 7) is 4.22. The molecule has 32 heavy (non-hydrogen) atoms. The first-order chi connectivity index (χ1) is 15.6. The Kier molecular flexibility index (Phi) is 8.21. The molecular formula is C24H33FN4O2S. The molecule has 1 saturated heterocycles. The largest absolute Gasteiger partial charge is 0.378 e. The fourth-order valence-corrected chi connectivity index (χ4v) is 5.68. The molecule has 1 aliphatic carbocycles. The molecule has 2 aliphatic rings. The number of rotatable bonds is 8. The summed E-state index contributed by atoms with van der Waals surface area (Å²) in [6, 6.07) is 11.0. The molecule has 2 heterocycles. The van der Waals surface area contributed by atoms with Crippen LogP contribution in [0.25, 0.3) is 0 Å². The van der Waals surface area contributed by atoms with Crippen LogP contribution in [0.3, 0.4) is 0 Å². The Labute approximate surface area is 192 Å². The zero-order valence-corrected chi connectivity index (χ0v) is 19.5. The van der Waals surface area contributed by atoms with Gasteiger partial charge in [-0.1, -0.05) is 19.1 Å². The number of nitrogens with zero attached hydrogens (tertiary/aromatic N) is 3. The van der Waals surface area contributed by atoms with E-state index in [0.717, 1.165) is 56.6 Å². The molecule has 2 aromatic rings. The van der Waals surface area contributed by atoms with Gasteiger partial charge < -0.3 is 9.64 Å². The smallest absolute Gasteiger partial charge is 0.151 e. The fraction of sp³-hybridized carbons (Fsp3) is 0.583. The Balaban J connectivity index is 1.33. The van der Waals surface area contributed by atoms with E-state index in [-0.39, 0.29) is 23.9 Å². The second kappa shape index (κ2) is 11.3. The Bertz CT molecular complexity index is 879. The molecule has 3 atom stereocenters. The van der Waals surface area contributed by atoms with Gasteiger partial charge in [0.25, 0.3) is 0 Å². The van der Waals surface area contributed by atoms with Crippen LogP contribution in [0.1, 0.15) is 50.5 Å². The minimum absolute atomic E-state index is 0.158. The first kappa shape index (κ1) is 23.3. The minimum atomic E-state index is -1.02. The van der Waals surface area contributed by atoms with Crippen molar-refractivity contribution < 1.29 is 13.3 Å². The molecule has 174 valence electrons. The molecule has 0 spiro atoms. The van der Waals surface area contributed by atoms with Gasteiger partial charge in [0.05, 0.1) is 23.7 Å². The lowest BCUT2D eigenvalue weighted by atomic mass is 9.82. The van der Waals surface area contributed by atoms with Gasteiger partial charge in [-0.25, -0.2) is 13.3 Å². The highest BCUT2D eigenvalue weighted by atomic mass is 32.2.